The molecule has 114 valence electrons. The minimum absolute atomic E-state index is 0.373. The van der Waals surface area contributed by atoms with Crippen molar-refractivity contribution in [1.29, 1.82) is 0 Å². The summed E-state index contributed by atoms with van der Waals surface area (Å²) in [6.07, 6.45) is -1.10. The number of anilines is 1. The SMILES string of the molecule is CN(C)c1ncnc2c(C3O[C@H](CO)[C@@H](O)[C@H]3O)coc12. The van der Waals surface area contributed by atoms with Crippen molar-refractivity contribution in [2.24, 2.45) is 0 Å². The molecule has 8 heteroatoms. The van der Waals surface area contributed by atoms with E-state index < -0.39 is 24.4 Å². The summed E-state index contributed by atoms with van der Waals surface area (Å²) in [5, 5.41) is 29.1. The summed E-state index contributed by atoms with van der Waals surface area (Å²) in [5.41, 5.74) is 1.52. The smallest absolute Gasteiger partial charge is 0.195 e. The van der Waals surface area contributed by atoms with Crippen molar-refractivity contribution in [1.82, 2.24) is 9.97 Å². The third-order valence-electron chi connectivity index (χ3n) is 3.63. The molecule has 4 atom stereocenters. The lowest BCUT2D eigenvalue weighted by Gasteiger charge is -2.13. The average molecular weight is 295 g/mol. The molecule has 0 bridgehead atoms. The summed E-state index contributed by atoms with van der Waals surface area (Å²) >= 11 is 0. The van der Waals surface area contributed by atoms with E-state index in [1.165, 1.54) is 12.6 Å². The number of ether oxygens (including phenoxy) is 1. The van der Waals surface area contributed by atoms with Gasteiger partial charge >= 0.3 is 0 Å². The molecule has 0 radical (unpaired) electrons. The van der Waals surface area contributed by atoms with Crippen LogP contribution < -0.4 is 4.90 Å². The van der Waals surface area contributed by atoms with Gasteiger partial charge in [0.15, 0.2) is 11.4 Å². The quantitative estimate of drug-likeness (QED) is 0.691. The van der Waals surface area contributed by atoms with E-state index in [1.807, 2.05) is 14.1 Å². The van der Waals surface area contributed by atoms with Crippen molar-refractivity contribution in [3.8, 4) is 0 Å². The van der Waals surface area contributed by atoms with Gasteiger partial charge in [0.25, 0.3) is 0 Å². The van der Waals surface area contributed by atoms with Crippen LogP contribution >= 0.6 is 0 Å². The number of fused-ring (bicyclic) bond motifs is 1. The molecule has 1 unspecified atom stereocenters. The van der Waals surface area contributed by atoms with E-state index in [0.29, 0.717) is 22.5 Å². The van der Waals surface area contributed by atoms with Crippen LogP contribution in [0.3, 0.4) is 0 Å². The Labute approximate surface area is 120 Å². The van der Waals surface area contributed by atoms with Crippen LogP contribution in [-0.4, -0.2) is 64.3 Å². The van der Waals surface area contributed by atoms with E-state index in [1.54, 1.807) is 4.90 Å². The molecule has 1 fully saturated rings. The number of nitrogens with zero attached hydrogens (tertiary/aromatic N) is 3. The largest absolute Gasteiger partial charge is 0.458 e. The van der Waals surface area contributed by atoms with Crippen molar-refractivity contribution < 1.29 is 24.5 Å². The van der Waals surface area contributed by atoms with Crippen LogP contribution in [0.4, 0.5) is 5.82 Å². The average Bonchev–Trinajstić information content (AvgIpc) is 3.01. The Balaban J connectivity index is 2.04. The van der Waals surface area contributed by atoms with Crippen LogP contribution in [0, 0.1) is 0 Å². The first kappa shape index (κ1) is 14.2. The molecule has 2 aromatic heterocycles. The van der Waals surface area contributed by atoms with Crippen molar-refractivity contribution in [3.63, 3.8) is 0 Å². The highest BCUT2D eigenvalue weighted by Crippen LogP contribution is 2.38. The summed E-state index contributed by atoms with van der Waals surface area (Å²) in [6.45, 7) is -0.373. The Bertz CT molecular complexity index is 644. The van der Waals surface area contributed by atoms with Crippen molar-refractivity contribution in [3.05, 3.63) is 18.2 Å². The van der Waals surface area contributed by atoms with Gasteiger partial charge in [0.05, 0.1) is 12.9 Å². The number of hydrogen-bond donors (Lipinski definition) is 3. The molecule has 3 N–H and O–H groups in total. The third kappa shape index (κ3) is 2.16. The molecule has 0 aliphatic carbocycles. The van der Waals surface area contributed by atoms with Gasteiger partial charge in [-0.15, -0.1) is 0 Å². The number of rotatable bonds is 3. The minimum Gasteiger partial charge on any atom is -0.458 e. The van der Waals surface area contributed by atoms with Gasteiger partial charge in [0, 0.05) is 19.7 Å². The van der Waals surface area contributed by atoms with E-state index >= 15 is 0 Å². The fourth-order valence-corrected chi connectivity index (χ4v) is 2.53. The van der Waals surface area contributed by atoms with Crippen LogP contribution in [0.25, 0.3) is 11.1 Å². The molecular weight excluding hydrogens is 278 g/mol. The number of aliphatic hydroxyl groups is 3. The van der Waals surface area contributed by atoms with E-state index in [-0.39, 0.29) is 6.61 Å². The Morgan fingerprint density at radius 2 is 2.00 bits per heavy atom. The zero-order valence-electron chi connectivity index (χ0n) is 11.7. The summed E-state index contributed by atoms with van der Waals surface area (Å²) in [6, 6.07) is 0. The molecule has 2 aromatic rings. The van der Waals surface area contributed by atoms with Gasteiger partial charge < -0.3 is 29.4 Å². The van der Waals surface area contributed by atoms with Crippen molar-refractivity contribution >= 4 is 16.9 Å². The lowest BCUT2D eigenvalue weighted by atomic mass is 10.0. The van der Waals surface area contributed by atoms with E-state index in [2.05, 4.69) is 9.97 Å². The Hall–Kier alpha value is -1.74. The van der Waals surface area contributed by atoms with E-state index in [4.69, 9.17) is 14.3 Å². The maximum absolute atomic E-state index is 10.1. The van der Waals surface area contributed by atoms with Crippen LogP contribution in [0.2, 0.25) is 0 Å². The van der Waals surface area contributed by atoms with Crippen molar-refractivity contribution in [2.45, 2.75) is 24.4 Å². The highest BCUT2D eigenvalue weighted by Gasteiger charge is 2.44. The van der Waals surface area contributed by atoms with Crippen LogP contribution in [-0.2, 0) is 4.74 Å². The Kier molecular flexibility index (Phi) is 3.54. The first-order valence-corrected chi connectivity index (χ1v) is 6.56. The van der Waals surface area contributed by atoms with Gasteiger partial charge in [0.2, 0.25) is 0 Å². The molecule has 0 spiro atoms. The number of aromatic nitrogens is 2. The first-order valence-electron chi connectivity index (χ1n) is 6.56. The van der Waals surface area contributed by atoms with Gasteiger partial charge in [-0.3, -0.25) is 0 Å². The summed E-state index contributed by atoms with van der Waals surface area (Å²) in [5.74, 6) is 0.609. The van der Waals surface area contributed by atoms with Crippen LogP contribution in [0.5, 0.6) is 0 Å². The van der Waals surface area contributed by atoms with E-state index in [0.717, 1.165) is 0 Å². The maximum Gasteiger partial charge on any atom is 0.195 e. The van der Waals surface area contributed by atoms with Crippen molar-refractivity contribution in [2.75, 3.05) is 25.6 Å². The molecule has 8 nitrogen and oxygen atoms in total. The molecule has 3 heterocycles. The van der Waals surface area contributed by atoms with Gasteiger partial charge in [-0.1, -0.05) is 0 Å². The Morgan fingerprint density at radius 1 is 1.24 bits per heavy atom. The Morgan fingerprint density at radius 3 is 2.62 bits per heavy atom. The predicted octanol–water partition coefficient (Wildman–Crippen LogP) is -0.557. The number of hydrogen-bond acceptors (Lipinski definition) is 8. The molecule has 1 saturated heterocycles. The lowest BCUT2D eigenvalue weighted by Crippen LogP contribution is -2.32. The first-order chi connectivity index (χ1) is 10.0. The van der Waals surface area contributed by atoms with Gasteiger partial charge in [-0.05, 0) is 0 Å². The monoisotopic (exact) mass is 295 g/mol. The zero-order valence-corrected chi connectivity index (χ0v) is 11.7. The second-order valence-electron chi connectivity index (χ2n) is 5.22. The number of furan rings is 1. The van der Waals surface area contributed by atoms with Gasteiger partial charge in [-0.2, -0.15) is 0 Å². The normalized spacial score (nSPS) is 29.2. The molecule has 1 aliphatic heterocycles. The highest BCUT2D eigenvalue weighted by atomic mass is 16.6. The summed E-state index contributed by atoms with van der Waals surface area (Å²) < 4.78 is 11.0. The minimum atomic E-state index is -1.15. The third-order valence-corrected chi connectivity index (χ3v) is 3.63. The second-order valence-corrected chi connectivity index (χ2v) is 5.22. The van der Waals surface area contributed by atoms with Gasteiger partial charge in [-0.25, -0.2) is 9.97 Å². The summed E-state index contributed by atoms with van der Waals surface area (Å²) in [4.78, 5) is 10.1. The standard InChI is InChI=1S/C13H17N3O5/c1-16(2)13-12-8(14-5-15-13)6(4-20-12)11-10(19)9(18)7(3-17)21-11/h4-5,7,9-11,17-19H,3H2,1-2H3/t7-,9-,10-,11?/m1/s1. The zero-order chi connectivity index (χ0) is 15.1. The molecule has 0 aromatic carbocycles. The summed E-state index contributed by atoms with van der Waals surface area (Å²) in [7, 11) is 3.66. The second kappa shape index (κ2) is 5.23. The van der Waals surface area contributed by atoms with Gasteiger partial charge in [0.1, 0.15) is 36.3 Å². The van der Waals surface area contributed by atoms with Crippen LogP contribution in [0.15, 0.2) is 17.0 Å². The maximum atomic E-state index is 10.1. The topological polar surface area (TPSA) is 112 Å². The van der Waals surface area contributed by atoms with E-state index in [9.17, 15) is 10.2 Å². The van der Waals surface area contributed by atoms with Crippen LogP contribution in [0.1, 0.15) is 11.7 Å². The molecule has 1 aliphatic rings. The lowest BCUT2D eigenvalue weighted by molar-refractivity contribution is -0.0226. The number of aliphatic hydroxyl groups excluding tert-OH is 3. The predicted molar refractivity (Wildman–Crippen MR) is 72.8 cm³/mol. The molecule has 3 rings (SSSR count). The molecule has 0 saturated carbocycles. The fourth-order valence-electron chi connectivity index (χ4n) is 2.53. The molecular formula is C13H17N3O5. The fraction of sp³-hybridized carbons (Fsp3) is 0.538. The molecule has 0 amide bonds. The molecule has 21 heavy (non-hydrogen) atoms. The highest BCUT2D eigenvalue weighted by molar-refractivity contribution is 5.86.